The maximum Gasteiger partial charge on any atom is 0.340 e. The van der Waals surface area contributed by atoms with Gasteiger partial charge in [0.1, 0.15) is 5.82 Å². The van der Waals surface area contributed by atoms with Crippen LogP contribution in [0.3, 0.4) is 0 Å². The molecule has 0 saturated heterocycles. The summed E-state index contributed by atoms with van der Waals surface area (Å²) < 4.78 is 10.4. The highest BCUT2D eigenvalue weighted by Gasteiger charge is 2.14. The van der Waals surface area contributed by atoms with Crippen molar-refractivity contribution in [2.45, 2.75) is 26.7 Å². The first kappa shape index (κ1) is 16.2. The minimum atomic E-state index is -0.436. The Kier molecular flexibility index (Phi) is 7.42. The van der Waals surface area contributed by atoms with Gasteiger partial charge in [-0.25, -0.2) is 9.78 Å². The number of hydrogen-bond acceptors (Lipinski definition) is 6. The summed E-state index contributed by atoms with van der Waals surface area (Å²) >= 11 is 0. The van der Waals surface area contributed by atoms with E-state index in [4.69, 9.17) is 15.2 Å². The summed E-state index contributed by atoms with van der Waals surface area (Å²) in [6, 6.07) is 1.55. The van der Waals surface area contributed by atoms with Gasteiger partial charge in [-0.1, -0.05) is 13.3 Å². The van der Waals surface area contributed by atoms with Crippen molar-refractivity contribution in [2.75, 3.05) is 37.4 Å². The summed E-state index contributed by atoms with van der Waals surface area (Å²) in [5.74, 6) is 0.0456. The molecule has 0 unspecified atom stereocenters. The predicted octanol–water partition coefficient (Wildman–Crippen LogP) is 2.07. The zero-order valence-corrected chi connectivity index (χ0v) is 12.1. The quantitative estimate of drug-likeness (QED) is 0.532. The Bertz CT molecular complexity index is 424. The van der Waals surface area contributed by atoms with Gasteiger partial charge in [0.15, 0.2) is 0 Å². The number of nitrogens with one attached hydrogen (secondary N) is 1. The van der Waals surface area contributed by atoms with Gasteiger partial charge in [-0.05, 0) is 19.4 Å². The molecule has 1 aromatic heterocycles. The molecule has 0 radical (unpaired) electrons. The Labute approximate surface area is 119 Å². The second kappa shape index (κ2) is 9.14. The first-order valence-corrected chi connectivity index (χ1v) is 6.93. The van der Waals surface area contributed by atoms with Crippen LogP contribution < -0.4 is 11.1 Å². The van der Waals surface area contributed by atoms with Crippen molar-refractivity contribution in [3.8, 4) is 0 Å². The molecule has 0 aliphatic heterocycles. The van der Waals surface area contributed by atoms with Crippen LogP contribution in [0.1, 0.15) is 37.0 Å². The fourth-order valence-corrected chi connectivity index (χ4v) is 1.59. The monoisotopic (exact) mass is 281 g/mol. The molecule has 0 fully saturated rings. The van der Waals surface area contributed by atoms with Gasteiger partial charge in [0.05, 0.1) is 24.5 Å². The number of carbonyl (C=O) groups is 1. The van der Waals surface area contributed by atoms with Crippen molar-refractivity contribution in [3.05, 3.63) is 17.8 Å². The van der Waals surface area contributed by atoms with Gasteiger partial charge >= 0.3 is 5.97 Å². The fraction of sp³-hybridized carbons (Fsp3) is 0.571. The molecule has 0 amide bonds. The molecule has 1 rings (SSSR count). The lowest BCUT2D eigenvalue weighted by Gasteiger charge is -2.11. The number of pyridine rings is 1. The van der Waals surface area contributed by atoms with Crippen molar-refractivity contribution in [1.82, 2.24) is 4.98 Å². The molecule has 112 valence electrons. The average Bonchev–Trinajstić information content (AvgIpc) is 2.44. The van der Waals surface area contributed by atoms with Gasteiger partial charge in [-0.2, -0.15) is 0 Å². The van der Waals surface area contributed by atoms with E-state index in [2.05, 4.69) is 17.2 Å². The molecule has 0 aromatic carbocycles. The molecule has 20 heavy (non-hydrogen) atoms. The first-order valence-electron chi connectivity index (χ1n) is 6.93. The minimum Gasteiger partial charge on any atom is -0.462 e. The maximum absolute atomic E-state index is 11.7. The van der Waals surface area contributed by atoms with Crippen LogP contribution in [0.25, 0.3) is 0 Å². The highest BCUT2D eigenvalue weighted by atomic mass is 16.5. The normalized spacial score (nSPS) is 10.3. The largest absolute Gasteiger partial charge is 0.462 e. The van der Waals surface area contributed by atoms with E-state index in [0.717, 1.165) is 19.4 Å². The van der Waals surface area contributed by atoms with E-state index in [9.17, 15) is 4.79 Å². The van der Waals surface area contributed by atoms with Crippen molar-refractivity contribution < 1.29 is 14.3 Å². The number of rotatable bonds is 9. The number of nitrogen functional groups attached to an aromatic ring is 1. The third-order valence-electron chi connectivity index (χ3n) is 2.67. The van der Waals surface area contributed by atoms with Crippen LogP contribution in [-0.2, 0) is 9.47 Å². The number of nitrogens with zero attached hydrogens (tertiary/aromatic N) is 1. The Hall–Kier alpha value is -1.82. The van der Waals surface area contributed by atoms with E-state index >= 15 is 0 Å². The number of unbranched alkanes of at least 4 members (excludes halogenated alkanes) is 1. The van der Waals surface area contributed by atoms with Crippen molar-refractivity contribution in [3.63, 3.8) is 0 Å². The third kappa shape index (κ3) is 5.05. The second-order valence-electron chi connectivity index (χ2n) is 4.23. The lowest BCUT2D eigenvalue weighted by Crippen LogP contribution is -2.15. The highest BCUT2D eigenvalue weighted by molar-refractivity contribution is 5.97. The van der Waals surface area contributed by atoms with Gasteiger partial charge in [-0.3, -0.25) is 0 Å². The number of carbonyl (C=O) groups excluding carboxylic acids is 1. The molecular formula is C14H23N3O3. The zero-order valence-electron chi connectivity index (χ0n) is 12.1. The van der Waals surface area contributed by atoms with Crippen molar-refractivity contribution in [1.29, 1.82) is 0 Å². The molecule has 0 spiro atoms. The van der Waals surface area contributed by atoms with Crippen LogP contribution >= 0.6 is 0 Å². The Morgan fingerprint density at radius 2 is 2.20 bits per heavy atom. The minimum absolute atomic E-state index is 0.305. The number of aromatic nitrogens is 1. The number of hydrogen-bond donors (Lipinski definition) is 2. The van der Waals surface area contributed by atoms with Crippen molar-refractivity contribution in [2.24, 2.45) is 0 Å². The van der Waals surface area contributed by atoms with Gasteiger partial charge in [0.2, 0.25) is 0 Å². The molecule has 3 N–H and O–H groups in total. The van der Waals surface area contributed by atoms with Crippen LogP contribution in [-0.4, -0.2) is 37.3 Å². The van der Waals surface area contributed by atoms with E-state index in [-0.39, 0.29) is 0 Å². The topological polar surface area (TPSA) is 86.5 Å². The van der Waals surface area contributed by atoms with Crippen LogP contribution in [0.4, 0.5) is 11.5 Å². The van der Waals surface area contributed by atoms with Gasteiger partial charge in [0, 0.05) is 19.3 Å². The Morgan fingerprint density at radius 3 is 2.90 bits per heavy atom. The molecule has 1 heterocycles. The van der Waals surface area contributed by atoms with Crippen LogP contribution in [0, 0.1) is 0 Å². The number of nitrogens with two attached hydrogens (primary N) is 1. The van der Waals surface area contributed by atoms with Gasteiger partial charge < -0.3 is 20.5 Å². The molecule has 0 bridgehead atoms. The zero-order chi connectivity index (χ0) is 14.8. The summed E-state index contributed by atoms with van der Waals surface area (Å²) in [5, 5.41) is 3.06. The Morgan fingerprint density at radius 1 is 1.40 bits per heavy atom. The van der Waals surface area contributed by atoms with Crippen LogP contribution in [0.5, 0.6) is 0 Å². The molecule has 0 saturated carbocycles. The molecule has 0 atom stereocenters. The van der Waals surface area contributed by atoms with E-state index in [1.54, 1.807) is 13.0 Å². The fourth-order valence-electron chi connectivity index (χ4n) is 1.59. The summed E-state index contributed by atoms with van der Waals surface area (Å²) in [5.41, 5.74) is 6.55. The molecule has 0 aliphatic carbocycles. The maximum atomic E-state index is 11.7. The highest BCUT2D eigenvalue weighted by Crippen LogP contribution is 2.20. The number of esters is 1. The van der Waals surface area contributed by atoms with Gasteiger partial charge in [-0.15, -0.1) is 0 Å². The molecule has 6 heteroatoms. The first-order chi connectivity index (χ1) is 9.70. The summed E-state index contributed by atoms with van der Waals surface area (Å²) in [7, 11) is 0. The molecule has 0 aliphatic rings. The molecule has 6 nitrogen and oxygen atoms in total. The average molecular weight is 281 g/mol. The van der Waals surface area contributed by atoms with E-state index in [1.165, 1.54) is 6.20 Å². The number of anilines is 2. The van der Waals surface area contributed by atoms with E-state index in [0.29, 0.717) is 36.8 Å². The van der Waals surface area contributed by atoms with Gasteiger partial charge in [0.25, 0.3) is 0 Å². The van der Waals surface area contributed by atoms with Crippen molar-refractivity contribution >= 4 is 17.5 Å². The SMILES string of the molecule is CCCCOCCNc1nccc(C(=O)OCC)c1N. The standard InChI is InChI=1S/C14H23N3O3/c1-3-5-9-19-10-8-17-13-12(15)11(6-7-16-13)14(18)20-4-2/h6-7H,3-5,8-10,15H2,1-2H3,(H,16,17). The van der Waals surface area contributed by atoms with E-state index < -0.39 is 5.97 Å². The van der Waals surface area contributed by atoms with Crippen LogP contribution in [0.2, 0.25) is 0 Å². The molecular weight excluding hydrogens is 258 g/mol. The molecule has 1 aromatic rings. The summed E-state index contributed by atoms with van der Waals surface area (Å²) in [4.78, 5) is 15.8. The lowest BCUT2D eigenvalue weighted by molar-refractivity contribution is 0.0527. The predicted molar refractivity (Wildman–Crippen MR) is 78.8 cm³/mol. The summed E-state index contributed by atoms with van der Waals surface area (Å²) in [6.45, 7) is 6.10. The number of ether oxygens (including phenoxy) is 2. The van der Waals surface area contributed by atoms with E-state index in [1.807, 2.05) is 0 Å². The smallest absolute Gasteiger partial charge is 0.340 e. The third-order valence-corrected chi connectivity index (χ3v) is 2.67. The Balaban J connectivity index is 2.50. The van der Waals surface area contributed by atoms with Crippen LogP contribution in [0.15, 0.2) is 12.3 Å². The lowest BCUT2D eigenvalue weighted by atomic mass is 10.2. The second-order valence-corrected chi connectivity index (χ2v) is 4.23. The summed E-state index contributed by atoms with van der Waals surface area (Å²) in [6.07, 6.45) is 3.70.